The molecule has 164 valence electrons. The van der Waals surface area contributed by atoms with Crippen molar-refractivity contribution in [2.24, 2.45) is 5.10 Å². The van der Waals surface area contributed by atoms with Crippen LogP contribution in [0.3, 0.4) is 0 Å². The lowest BCUT2D eigenvalue weighted by atomic mass is 9.97. The number of carbonyl (C=O) groups excluding carboxylic acids is 1. The molecule has 0 spiro atoms. The molecule has 4 rings (SSSR count). The van der Waals surface area contributed by atoms with Crippen molar-refractivity contribution in [2.45, 2.75) is 32.4 Å². The van der Waals surface area contributed by atoms with Gasteiger partial charge in [-0.05, 0) is 46.9 Å². The van der Waals surface area contributed by atoms with E-state index < -0.39 is 0 Å². The van der Waals surface area contributed by atoms with Crippen molar-refractivity contribution in [3.63, 3.8) is 0 Å². The van der Waals surface area contributed by atoms with Crippen LogP contribution in [-0.2, 0) is 11.2 Å². The van der Waals surface area contributed by atoms with Crippen molar-refractivity contribution >= 4 is 18.2 Å². The normalized spacial score (nSPS) is 15.3. The van der Waals surface area contributed by atoms with Crippen molar-refractivity contribution in [3.8, 4) is 16.9 Å². The zero-order valence-corrected chi connectivity index (χ0v) is 18.4. The highest BCUT2D eigenvalue weighted by atomic mass is 16.5. The summed E-state index contributed by atoms with van der Waals surface area (Å²) in [5.41, 5.74) is 4.38. The van der Waals surface area contributed by atoms with Crippen LogP contribution in [0.15, 0.2) is 72.0 Å². The molecule has 1 aliphatic rings. The molecule has 0 aliphatic carbocycles. The Kier molecular flexibility index (Phi) is 6.35. The van der Waals surface area contributed by atoms with E-state index in [0.29, 0.717) is 30.5 Å². The molecule has 1 atom stereocenters. The van der Waals surface area contributed by atoms with Crippen molar-refractivity contribution in [1.82, 2.24) is 15.6 Å². The molecule has 0 fully saturated rings. The molecule has 1 aromatic heterocycles. The zero-order valence-electron chi connectivity index (χ0n) is 18.4. The highest BCUT2D eigenvalue weighted by Crippen LogP contribution is 2.34. The van der Waals surface area contributed by atoms with E-state index in [1.165, 1.54) is 5.56 Å². The minimum absolute atomic E-state index is 0.188. The number of methoxy groups -OCH3 is 1. The maximum Gasteiger partial charge on any atom is 0.222 e. The monoisotopic (exact) mass is 429 g/mol. The van der Waals surface area contributed by atoms with Gasteiger partial charge in [0.05, 0.1) is 7.11 Å². The van der Waals surface area contributed by atoms with Gasteiger partial charge in [-0.3, -0.25) is 10.1 Å². The SMILES string of the molecule is COc1ccc(C(C)C)cc1-c1ccnc(N2N=C(NC=O)NC2Cc2ccccc2)c1. The van der Waals surface area contributed by atoms with Gasteiger partial charge in [-0.1, -0.05) is 50.2 Å². The van der Waals surface area contributed by atoms with Gasteiger partial charge in [0.15, 0.2) is 5.82 Å². The summed E-state index contributed by atoms with van der Waals surface area (Å²) in [6.45, 7) is 4.34. The molecule has 3 aromatic rings. The minimum Gasteiger partial charge on any atom is -0.496 e. The van der Waals surface area contributed by atoms with Gasteiger partial charge in [0.2, 0.25) is 12.4 Å². The van der Waals surface area contributed by atoms with E-state index in [1.54, 1.807) is 18.3 Å². The lowest BCUT2D eigenvalue weighted by molar-refractivity contribution is -0.108. The number of hydrazone groups is 1. The minimum atomic E-state index is -0.188. The van der Waals surface area contributed by atoms with Crippen molar-refractivity contribution in [3.05, 3.63) is 78.0 Å². The second-order valence-electron chi connectivity index (χ2n) is 7.92. The number of aromatic nitrogens is 1. The van der Waals surface area contributed by atoms with Crippen LogP contribution in [0.4, 0.5) is 5.82 Å². The summed E-state index contributed by atoms with van der Waals surface area (Å²) in [6, 6.07) is 20.4. The number of hydrogen-bond donors (Lipinski definition) is 2. The summed E-state index contributed by atoms with van der Waals surface area (Å²) in [6.07, 6.45) is 2.88. The van der Waals surface area contributed by atoms with Crippen molar-refractivity contribution in [2.75, 3.05) is 12.1 Å². The standard InChI is InChI=1S/C25H27N5O2/c1-17(2)19-9-10-22(32-3)21(14-19)20-11-12-26-23(15-20)30-24(28-25(29-30)27-16-31)13-18-7-5-4-6-8-18/h4-12,14-17,24H,13H2,1-3H3,(H2,27,28,29,31). The fraction of sp³-hybridized carbons (Fsp3) is 0.240. The smallest absolute Gasteiger partial charge is 0.222 e. The summed E-state index contributed by atoms with van der Waals surface area (Å²) in [5, 5.41) is 12.2. The highest BCUT2D eigenvalue weighted by Gasteiger charge is 2.28. The van der Waals surface area contributed by atoms with Crippen molar-refractivity contribution in [1.29, 1.82) is 0 Å². The summed E-state index contributed by atoms with van der Waals surface area (Å²) in [5.74, 6) is 2.28. The van der Waals surface area contributed by atoms with Gasteiger partial charge in [0.1, 0.15) is 11.9 Å². The molecule has 2 heterocycles. The van der Waals surface area contributed by atoms with E-state index in [9.17, 15) is 4.79 Å². The fourth-order valence-corrected chi connectivity index (χ4v) is 3.76. The number of hydrogen-bond acceptors (Lipinski definition) is 6. The molecule has 0 saturated carbocycles. The van der Waals surface area contributed by atoms with Crippen LogP contribution < -0.4 is 20.4 Å². The van der Waals surface area contributed by atoms with E-state index in [1.807, 2.05) is 36.4 Å². The number of anilines is 1. The topological polar surface area (TPSA) is 78.8 Å². The Balaban J connectivity index is 1.70. The number of amides is 1. The third-order valence-corrected chi connectivity index (χ3v) is 5.46. The maximum atomic E-state index is 11.0. The number of nitrogens with zero attached hydrogens (tertiary/aromatic N) is 3. The van der Waals surface area contributed by atoms with Crippen molar-refractivity contribution < 1.29 is 9.53 Å². The first kappa shape index (κ1) is 21.4. The molecule has 1 amide bonds. The largest absolute Gasteiger partial charge is 0.496 e. The van der Waals surface area contributed by atoms with Gasteiger partial charge >= 0.3 is 0 Å². The molecule has 2 aromatic carbocycles. The molecule has 0 radical (unpaired) electrons. The quantitative estimate of drug-likeness (QED) is 0.558. The fourth-order valence-electron chi connectivity index (χ4n) is 3.76. The number of pyridine rings is 1. The van der Waals surface area contributed by atoms with E-state index in [2.05, 4.69) is 58.8 Å². The molecule has 2 N–H and O–H groups in total. The van der Waals surface area contributed by atoms with Gasteiger partial charge < -0.3 is 10.1 Å². The molecule has 0 saturated heterocycles. The Bertz CT molecular complexity index is 1110. The van der Waals surface area contributed by atoms with Gasteiger partial charge in [0, 0.05) is 18.2 Å². The zero-order chi connectivity index (χ0) is 22.5. The predicted octanol–water partition coefficient (Wildman–Crippen LogP) is 3.88. The molecular weight excluding hydrogens is 402 g/mol. The molecular formula is C25H27N5O2. The molecule has 32 heavy (non-hydrogen) atoms. The average Bonchev–Trinajstić information content (AvgIpc) is 3.21. The maximum absolute atomic E-state index is 11.0. The summed E-state index contributed by atoms with van der Waals surface area (Å²) < 4.78 is 5.63. The first-order valence-electron chi connectivity index (χ1n) is 10.6. The Labute approximate surface area is 188 Å². The van der Waals surface area contributed by atoms with Crippen LogP contribution in [0.25, 0.3) is 11.1 Å². The third kappa shape index (κ3) is 4.56. The van der Waals surface area contributed by atoms with Gasteiger partial charge in [-0.2, -0.15) is 0 Å². The number of benzene rings is 2. The number of nitrogens with one attached hydrogen (secondary N) is 2. The van der Waals surface area contributed by atoms with Crippen LogP contribution >= 0.6 is 0 Å². The Morgan fingerprint density at radius 3 is 2.69 bits per heavy atom. The van der Waals surface area contributed by atoms with Crippen LogP contribution in [-0.4, -0.2) is 30.6 Å². The Hall–Kier alpha value is -3.87. The lowest BCUT2D eigenvalue weighted by Crippen LogP contribution is -2.43. The van der Waals surface area contributed by atoms with Crippen LogP contribution in [0.1, 0.15) is 30.9 Å². The first-order valence-corrected chi connectivity index (χ1v) is 10.6. The van der Waals surface area contributed by atoms with Crippen LogP contribution in [0.2, 0.25) is 0 Å². The molecule has 0 bridgehead atoms. The number of guanidine groups is 1. The summed E-state index contributed by atoms with van der Waals surface area (Å²) in [7, 11) is 1.68. The predicted molar refractivity (Wildman–Crippen MR) is 126 cm³/mol. The second kappa shape index (κ2) is 9.51. The van der Waals surface area contributed by atoms with Crippen LogP contribution in [0.5, 0.6) is 5.75 Å². The second-order valence-corrected chi connectivity index (χ2v) is 7.92. The van der Waals surface area contributed by atoms with Crippen LogP contribution in [0, 0.1) is 0 Å². The number of carbonyl (C=O) groups is 1. The number of ether oxygens (including phenoxy) is 1. The van der Waals surface area contributed by atoms with Gasteiger partial charge in [-0.25, -0.2) is 9.99 Å². The molecule has 7 nitrogen and oxygen atoms in total. The Morgan fingerprint density at radius 2 is 1.97 bits per heavy atom. The Morgan fingerprint density at radius 1 is 1.16 bits per heavy atom. The molecule has 1 aliphatic heterocycles. The first-order chi connectivity index (χ1) is 15.6. The van der Waals surface area contributed by atoms with Gasteiger partial charge in [-0.15, -0.1) is 5.10 Å². The van der Waals surface area contributed by atoms with E-state index in [-0.39, 0.29) is 6.17 Å². The van der Waals surface area contributed by atoms with E-state index >= 15 is 0 Å². The van der Waals surface area contributed by atoms with E-state index in [4.69, 9.17) is 4.74 Å². The lowest BCUT2D eigenvalue weighted by Gasteiger charge is -2.23. The van der Waals surface area contributed by atoms with Gasteiger partial charge in [0.25, 0.3) is 0 Å². The number of rotatable bonds is 7. The third-order valence-electron chi connectivity index (χ3n) is 5.46. The molecule has 1 unspecified atom stereocenters. The highest BCUT2D eigenvalue weighted by molar-refractivity contribution is 5.91. The molecule has 7 heteroatoms. The van der Waals surface area contributed by atoms with E-state index in [0.717, 1.165) is 22.4 Å². The summed E-state index contributed by atoms with van der Waals surface area (Å²) >= 11 is 0. The average molecular weight is 430 g/mol. The summed E-state index contributed by atoms with van der Waals surface area (Å²) in [4.78, 5) is 15.6.